The summed E-state index contributed by atoms with van der Waals surface area (Å²) in [5.41, 5.74) is 0. The van der Waals surface area contributed by atoms with Crippen molar-refractivity contribution in [2.45, 2.75) is 70.3 Å². The van der Waals surface area contributed by atoms with E-state index in [1.807, 2.05) is 0 Å². The van der Waals surface area contributed by atoms with Crippen LogP contribution in [0, 0.1) is 23.7 Å². The SMILES string of the molecule is OC1C2CCCC1CC1CCCC(CC2)C1. The van der Waals surface area contributed by atoms with Crippen molar-refractivity contribution in [2.75, 3.05) is 0 Å². The molecule has 3 saturated carbocycles. The first-order chi connectivity index (χ1) is 7.83. The molecule has 0 aromatic heterocycles. The molecule has 1 N–H and O–H groups in total. The average Bonchev–Trinajstić information content (AvgIpc) is 2.32. The molecule has 16 heavy (non-hydrogen) atoms. The van der Waals surface area contributed by atoms with Crippen LogP contribution in [0.2, 0.25) is 0 Å². The van der Waals surface area contributed by atoms with E-state index in [0.29, 0.717) is 11.8 Å². The molecule has 0 aromatic carbocycles. The first-order valence-corrected chi connectivity index (χ1v) is 7.51. The smallest absolute Gasteiger partial charge is 0.0596 e. The first-order valence-electron chi connectivity index (χ1n) is 7.51. The van der Waals surface area contributed by atoms with Gasteiger partial charge >= 0.3 is 0 Å². The minimum atomic E-state index is 0.0492. The van der Waals surface area contributed by atoms with Crippen LogP contribution < -0.4 is 0 Å². The Morgan fingerprint density at radius 2 is 1.38 bits per heavy atom. The van der Waals surface area contributed by atoms with Crippen LogP contribution in [0.4, 0.5) is 0 Å². The van der Waals surface area contributed by atoms with E-state index in [1.165, 1.54) is 64.2 Å². The fourth-order valence-electron chi connectivity index (χ4n) is 4.70. The second kappa shape index (κ2) is 4.68. The number of aliphatic hydroxyl groups is 1. The summed E-state index contributed by atoms with van der Waals surface area (Å²) in [6, 6.07) is 0. The van der Waals surface area contributed by atoms with Crippen LogP contribution >= 0.6 is 0 Å². The summed E-state index contributed by atoms with van der Waals surface area (Å²) in [6.07, 6.45) is 14.0. The molecule has 0 aliphatic heterocycles. The maximum absolute atomic E-state index is 10.4. The highest BCUT2D eigenvalue weighted by molar-refractivity contribution is 4.87. The molecule has 0 heterocycles. The topological polar surface area (TPSA) is 20.2 Å². The van der Waals surface area contributed by atoms with Crippen molar-refractivity contribution in [3.8, 4) is 0 Å². The summed E-state index contributed by atoms with van der Waals surface area (Å²) in [7, 11) is 0. The highest BCUT2D eigenvalue weighted by atomic mass is 16.3. The molecule has 5 atom stereocenters. The minimum absolute atomic E-state index is 0.0492. The second-order valence-corrected chi connectivity index (χ2v) is 6.65. The average molecular weight is 222 g/mol. The zero-order valence-electron chi connectivity index (χ0n) is 10.4. The van der Waals surface area contributed by atoms with E-state index in [1.54, 1.807) is 0 Å². The van der Waals surface area contributed by atoms with Gasteiger partial charge in [-0.1, -0.05) is 32.1 Å². The van der Waals surface area contributed by atoms with Crippen LogP contribution in [0.3, 0.4) is 0 Å². The number of rotatable bonds is 0. The van der Waals surface area contributed by atoms with E-state index in [9.17, 15) is 5.11 Å². The number of fused-ring (bicyclic) bond motifs is 4. The van der Waals surface area contributed by atoms with Gasteiger partial charge in [-0.05, 0) is 55.8 Å². The maximum atomic E-state index is 10.4. The van der Waals surface area contributed by atoms with Crippen LogP contribution in [0.25, 0.3) is 0 Å². The van der Waals surface area contributed by atoms with Gasteiger partial charge in [0.15, 0.2) is 0 Å². The summed E-state index contributed by atoms with van der Waals surface area (Å²) in [5, 5.41) is 10.4. The molecular weight excluding hydrogens is 196 g/mol. The molecule has 0 saturated heterocycles. The normalized spacial score (nSPS) is 48.9. The Hall–Kier alpha value is -0.0400. The Morgan fingerprint density at radius 3 is 2.31 bits per heavy atom. The predicted octanol–water partition coefficient (Wildman–Crippen LogP) is 3.75. The van der Waals surface area contributed by atoms with Crippen molar-refractivity contribution in [3.05, 3.63) is 0 Å². The summed E-state index contributed by atoms with van der Waals surface area (Å²) in [5.74, 6) is 3.26. The Labute approximate surface area is 99.6 Å². The molecule has 4 bridgehead atoms. The second-order valence-electron chi connectivity index (χ2n) is 6.65. The fraction of sp³-hybridized carbons (Fsp3) is 1.00. The third-order valence-electron chi connectivity index (χ3n) is 5.59. The summed E-state index contributed by atoms with van der Waals surface area (Å²) >= 11 is 0. The number of hydrogen-bond donors (Lipinski definition) is 1. The predicted molar refractivity (Wildman–Crippen MR) is 66.1 cm³/mol. The van der Waals surface area contributed by atoms with Crippen LogP contribution in [0.15, 0.2) is 0 Å². The van der Waals surface area contributed by atoms with Gasteiger partial charge in [0.25, 0.3) is 0 Å². The summed E-state index contributed by atoms with van der Waals surface area (Å²) in [6.45, 7) is 0. The lowest BCUT2D eigenvalue weighted by atomic mass is 9.73. The van der Waals surface area contributed by atoms with E-state index in [-0.39, 0.29) is 6.10 Å². The van der Waals surface area contributed by atoms with Crippen LogP contribution in [0.1, 0.15) is 64.2 Å². The zero-order chi connectivity index (χ0) is 11.0. The van der Waals surface area contributed by atoms with Gasteiger partial charge in [0.2, 0.25) is 0 Å². The summed E-state index contributed by atoms with van der Waals surface area (Å²) < 4.78 is 0. The molecule has 0 radical (unpaired) electrons. The van der Waals surface area contributed by atoms with E-state index < -0.39 is 0 Å². The lowest BCUT2D eigenvalue weighted by molar-refractivity contribution is 0.00599. The van der Waals surface area contributed by atoms with E-state index in [2.05, 4.69) is 0 Å². The summed E-state index contributed by atoms with van der Waals surface area (Å²) in [4.78, 5) is 0. The molecule has 5 unspecified atom stereocenters. The Morgan fingerprint density at radius 1 is 0.625 bits per heavy atom. The first kappa shape index (κ1) is 11.1. The Kier molecular flexibility index (Phi) is 3.24. The van der Waals surface area contributed by atoms with Gasteiger partial charge < -0.3 is 5.11 Å². The van der Waals surface area contributed by atoms with Gasteiger partial charge in [-0.3, -0.25) is 0 Å². The molecule has 1 heteroatoms. The van der Waals surface area contributed by atoms with E-state index in [0.717, 1.165) is 11.8 Å². The van der Waals surface area contributed by atoms with Gasteiger partial charge in [0.05, 0.1) is 6.10 Å². The highest BCUT2D eigenvalue weighted by Crippen LogP contribution is 2.44. The van der Waals surface area contributed by atoms with Gasteiger partial charge in [0.1, 0.15) is 0 Å². The van der Waals surface area contributed by atoms with E-state index >= 15 is 0 Å². The third kappa shape index (κ3) is 2.16. The van der Waals surface area contributed by atoms with Crippen molar-refractivity contribution in [1.29, 1.82) is 0 Å². The van der Waals surface area contributed by atoms with Crippen LogP contribution in [-0.4, -0.2) is 11.2 Å². The molecule has 3 fully saturated rings. The molecule has 0 spiro atoms. The van der Waals surface area contributed by atoms with Gasteiger partial charge in [-0.25, -0.2) is 0 Å². The molecule has 3 aliphatic carbocycles. The van der Waals surface area contributed by atoms with Crippen LogP contribution in [0.5, 0.6) is 0 Å². The number of aliphatic hydroxyl groups excluding tert-OH is 1. The molecule has 92 valence electrons. The van der Waals surface area contributed by atoms with Gasteiger partial charge in [-0.2, -0.15) is 0 Å². The fourth-order valence-corrected chi connectivity index (χ4v) is 4.70. The number of hydrogen-bond acceptors (Lipinski definition) is 1. The van der Waals surface area contributed by atoms with Crippen molar-refractivity contribution in [1.82, 2.24) is 0 Å². The standard InChI is InChI=1S/C15H26O/c16-15-13-5-2-6-14(15)10-12-4-1-3-11(9-12)7-8-13/h11-16H,1-10H2. The Balaban J connectivity index is 1.76. The lowest BCUT2D eigenvalue weighted by Crippen LogP contribution is -2.34. The van der Waals surface area contributed by atoms with Gasteiger partial charge in [-0.15, -0.1) is 0 Å². The quantitative estimate of drug-likeness (QED) is 0.662. The molecular formula is C15H26O. The monoisotopic (exact) mass is 222 g/mol. The van der Waals surface area contributed by atoms with E-state index in [4.69, 9.17) is 0 Å². The third-order valence-corrected chi connectivity index (χ3v) is 5.59. The van der Waals surface area contributed by atoms with Crippen molar-refractivity contribution in [3.63, 3.8) is 0 Å². The molecule has 0 amide bonds. The molecule has 3 aliphatic rings. The van der Waals surface area contributed by atoms with Crippen LogP contribution in [-0.2, 0) is 0 Å². The van der Waals surface area contributed by atoms with Crippen molar-refractivity contribution < 1.29 is 5.11 Å². The Bertz CT molecular complexity index is 238. The highest BCUT2D eigenvalue weighted by Gasteiger charge is 2.36. The minimum Gasteiger partial charge on any atom is -0.393 e. The van der Waals surface area contributed by atoms with Gasteiger partial charge in [0, 0.05) is 0 Å². The van der Waals surface area contributed by atoms with Crippen molar-refractivity contribution >= 4 is 0 Å². The maximum Gasteiger partial charge on any atom is 0.0596 e. The lowest BCUT2D eigenvalue weighted by Gasteiger charge is -2.35. The molecule has 0 aromatic rings. The largest absolute Gasteiger partial charge is 0.393 e. The molecule has 3 rings (SSSR count). The van der Waals surface area contributed by atoms with Crippen molar-refractivity contribution in [2.24, 2.45) is 23.7 Å². The zero-order valence-corrected chi connectivity index (χ0v) is 10.4. The molecule has 1 nitrogen and oxygen atoms in total.